The van der Waals surface area contributed by atoms with Crippen molar-refractivity contribution in [2.24, 2.45) is 0 Å². The molecule has 0 aliphatic rings. The minimum absolute atomic E-state index is 0.330. The van der Waals surface area contributed by atoms with Gasteiger partial charge in [-0.05, 0) is 25.0 Å². The van der Waals surface area contributed by atoms with Crippen LogP contribution in [0, 0.1) is 0 Å². The maximum Gasteiger partial charge on any atom is 0.407 e. The lowest BCUT2D eigenvalue weighted by molar-refractivity contribution is -0.141. The summed E-state index contributed by atoms with van der Waals surface area (Å²) in [6.45, 7) is 2.73. The molecule has 34 heavy (non-hydrogen) atoms. The van der Waals surface area contributed by atoms with Crippen molar-refractivity contribution >= 4 is 24.0 Å². The van der Waals surface area contributed by atoms with Gasteiger partial charge in [0.15, 0.2) is 0 Å². The van der Waals surface area contributed by atoms with Crippen molar-refractivity contribution in [2.75, 3.05) is 20.3 Å². The first-order chi connectivity index (χ1) is 16.3. The van der Waals surface area contributed by atoms with Gasteiger partial charge in [0.2, 0.25) is 5.91 Å². The van der Waals surface area contributed by atoms with Crippen molar-refractivity contribution in [3.8, 4) is 0 Å². The number of alkyl carbamates (subject to hydrolysis) is 1. The van der Waals surface area contributed by atoms with Crippen molar-refractivity contribution < 1.29 is 28.7 Å². The second kappa shape index (κ2) is 13.5. The fourth-order valence-corrected chi connectivity index (χ4v) is 2.96. The molecule has 0 fully saturated rings. The Morgan fingerprint density at radius 1 is 0.794 bits per heavy atom. The number of carbonyl (C=O) groups excluding carboxylic acids is 4. The van der Waals surface area contributed by atoms with Crippen molar-refractivity contribution in [1.82, 2.24) is 21.3 Å². The van der Waals surface area contributed by atoms with Crippen LogP contribution in [0.1, 0.15) is 37.1 Å². The van der Waals surface area contributed by atoms with Crippen LogP contribution in [-0.4, -0.2) is 50.3 Å². The number of amides is 4. The molecule has 10 nitrogen and oxygen atoms in total. The molecule has 10 heteroatoms. The van der Waals surface area contributed by atoms with Crippen molar-refractivity contribution in [2.45, 2.75) is 32.0 Å². The third-order valence-electron chi connectivity index (χ3n) is 4.92. The summed E-state index contributed by atoms with van der Waals surface area (Å²) >= 11 is 0. The Labute approximate surface area is 198 Å². The van der Waals surface area contributed by atoms with Crippen molar-refractivity contribution in [3.05, 3.63) is 71.8 Å². The molecule has 2 aromatic carbocycles. The monoisotopic (exact) mass is 470 g/mol. The fourth-order valence-electron chi connectivity index (χ4n) is 2.96. The van der Waals surface area contributed by atoms with E-state index in [1.54, 1.807) is 13.8 Å². The Balaban J connectivity index is 1.96. The van der Waals surface area contributed by atoms with Crippen LogP contribution >= 0.6 is 0 Å². The van der Waals surface area contributed by atoms with Crippen molar-refractivity contribution in [3.63, 3.8) is 0 Å². The Hall–Kier alpha value is -4.08. The van der Waals surface area contributed by atoms with E-state index in [-0.39, 0.29) is 12.1 Å². The van der Waals surface area contributed by atoms with Gasteiger partial charge in [-0.25, -0.2) is 9.59 Å². The van der Waals surface area contributed by atoms with Gasteiger partial charge in [0.1, 0.15) is 19.2 Å². The number of hydrogen-bond donors (Lipinski definition) is 4. The number of carbonyl (C=O) groups is 4. The topological polar surface area (TPSA) is 135 Å². The smallest absolute Gasteiger partial charge is 0.407 e. The molecule has 0 aromatic heterocycles. The maximum atomic E-state index is 12.5. The van der Waals surface area contributed by atoms with Crippen LogP contribution in [0.2, 0.25) is 0 Å². The average molecular weight is 471 g/mol. The molecule has 0 radical (unpaired) electrons. The van der Waals surface area contributed by atoms with Gasteiger partial charge in [-0.2, -0.15) is 0 Å². The highest BCUT2D eigenvalue weighted by Crippen LogP contribution is 2.12. The molecule has 4 amide bonds. The number of ether oxygens (including phenoxy) is 2. The van der Waals surface area contributed by atoms with Crippen LogP contribution in [-0.2, 0) is 19.1 Å². The summed E-state index contributed by atoms with van der Waals surface area (Å²) in [7, 11) is 1.18. The Morgan fingerprint density at radius 2 is 1.32 bits per heavy atom. The summed E-state index contributed by atoms with van der Waals surface area (Å²) in [5.74, 6) is -1.37. The van der Waals surface area contributed by atoms with Crippen molar-refractivity contribution in [1.29, 1.82) is 0 Å². The molecule has 0 saturated heterocycles. The Bertz CT molecular complexity index is 954. The summed E-state index contributed by atoms with van der Waals surface area (Å²) < 4.78 is 9.67. The zero-order valence-corrected chi connectivity index (χ0v) is 19.4. The summed E-state index contributed by atoms with van der Waals surface area (Å²) in [4.78, 5) is 48.6. The molecule has 3 atom stereocenters. The van der Waals surface area contributed by atoms with E-state index < -0.39 is 43.2 Å². The van der Waals surface area contributed by atoms with E-state index >= 15 is 0 Å². The Morgan fingerprint density at radius 3 is 1.85 bits per heavy atom. The SMILES string of the molecule is COC(=O)CNC(=O)C(COC(=O)N[C@H](C)c1ccccc1)NC(=O)N[C@H](C)c1ccccc1. The number of benzene rings is 2. The molecule has 0 bridgehead atoms. The van der Waals surface area contributed by atoms with Crippen LogP contribution < -0.4 is 21.3 Å². The van der Waals surface area contributed by atoms with Gasteiger partial charge < -0.3 is 30.7 Å². The first kappa shape index (κ1) is 26.2. The van der Waals surface area contributed by atoms with E-state index in [1.165, 1.54) is 7.11 Å². The molecule has 0 aliphatic heterocycles. The molecule has 1 unspecified atom stereocenters. The van der Waals surface area contributed by atoms with E-state index in [0.717, 1.165) is 11.1 Å². The van der Waals surface area contributed by atoms with E-state index in [4.69, 9.17) is 4.74 Å². The standard InChI is InChI=1S/C24H30N4O6/c1-16(18-10-6-4-7-11-18)26-23(31)28-20(22(30)25-14-21(29)33-3)15-34-24(32)27-17(2)19-12-8-5-9-13-19/h4-13,16-17,20H,14-15H2,1-3H3,(H,25,30)(H,27,32)(H2,26,28,31)/t16-,17-,20?/m1/s1. The number of rotatable bonds is 10. The van der Waals surface area contributed by atoms with Gasteiger partial charge in [-0.3, -0.25) is 9.59 Å². The molecule has 2 rings (SSSR count). The lowest BCUT2D eigenvalue weighted by Crippen LogP contribution is -2.53. The zero-order valence-electron chi connectivity index (χ0n) is 19.4. The van der Waals surface area contributed by atoms with E-state index in [9.17, 15) is 19.2 Å². The summed E-state index contributed by atoms with van der Waals surface area (Å²) in [6.07, 6.45) is -0.762. The number of esters is 1. The molecule has 4 N–H and O–H groups in total. The molecule has 2 aromatic rings. The van der Waals surface area contributed by atoms with Gasteiger partial charge in [0, 0.05) is 0 Å². The minimum atomic E-state index is -1.24. The molecule has 0 aliphatic carbocycles. The zero-order chi connectivity index (χ0) is 24.9. The number of urea groups is 1. The minimum Gasteiger partial charge on any atom is -0.468 e. The predicted molar refractivity (Wildman–Crippen MR) is 125 cm³/mol. The molecule has 0 spiro atoms. The first-order valence-electron chi connectivity index (χ1n) is 10.7. The molecule has 0 heterocycles. The Kier molecular flexibility index (Phi) is 10.4. The van der Waals surface area contributed by atoms with Gasteiger partial charge in [-0.15, -0.1) is 0 Å². The molecular weight excluding hydrogens is 440 g/mol. The van der Waals surface area contributed by atoms with Crippen LogP contribution in [0.15, 0.2) is 60.7 Å². The largest absolute Gasteiger partial charge is 0.468 e. The van der Waals surface area contributed by atoms with Crippen LogP contribution in [0.3, 0.4) is 0 Å². The lowest BCUT2D eigenvalue weighted by atomic mass is 10.1. The van der Waals surface area contributed by atoms with Crippen LogP contribution in [0.4, 0.5) is 9.59 Å². The number of hydrogen-bond acceptors (Lipinski definition) is 6. The first-order valence-corrected chi connectivity index (χ1v) is 10.7. The number of methoxy groups -OCH3 is 1. The quantitative estimate of drug-likeness (QED) is 0.393. The second-order valence-electron chi connectivity index (χ2n) is 7.47. The second-order valence-corrected chi connectivity index (χ2v) is 7.47. The molecule has 0 saturated carbocycles. The summed E-state index contributed by atoms with van der Waals surface area (Å²) in [6, 6.07) is 16.0. The molecular formula is C24H30N4O6. The highest BCUT2D eigenvalue weighted by molar-refractivity contribution is 5.89. The third kappa shape index (κ3) is 8.81. The number of nitrogens with one attached hydrogen (secondary N) is 4. The average Bonchev–Trinajstić information content (AvgIpc) is 2.85. The van der Waals surface area contributed by atoms with E-state index in [2.05, 4.69) is 26.0 Å². The van der Waals surface area contributed by atoms with Crippen LogP contribution in [0.25, 0.3) is 0 Å². The summed E-state index contributed by atoms with van der Waals surface area (Å²) in [5.41, 5.74) is 1.74. The van der Waals surface area contributed by atoms with Gasteiger partial charge in [0.05, 0.1) is 19.2 Å². The fraction of sp³-hybridized carbons (Fsp3) is 0.333. The highest BCUT2D eigenvalue weighted by Gasteiger charge is 2.24. The predicted octanol–water partition coefficient (Wildman–Crippen LogP) is 2.19. The molecule has 182 valence electrons. The van der Waals surface area contributed by atoms with Crippen LogP contribution in [0.5, 0.6) is 0 Å². The van der Waals surface area contributed by atoms with E-state index in [1.807, 2.05) is 60.7 Å². The van der Waals surface area contributed by atoms with Gasteiger partial charge in [0.25, 0.3) is 0 Å². The van der Waals surface area contributed by atoms with Gasteiger partial charge >= 0.3 is 18.1 Å². The van der Waals surface area contributed by atoms with E-state index in [0.29, 0.717) is 0 Å². The third-order valence-corrected chi connectivity index (χ3v) is 4.92. The summed E-state index contributed by atoms with van der Waals surface area (Å²) in [5, 5.41) is 10.2. The lowest BCUT2D eigenvalue weighted by Gasteiger charge is -2.21. The van der Waals surface area contributed by atoms with Gasteiger partial charge in [-0.1, -0.05) is 60.7 Å². The normalized spacial score (nSPS) is 12.9. The maximum absolute atomic E-state index is 12.5. The highest BCUT2D eigenvalue weighted by atomic mass is 16.5.